The molecule has 8 heteroatoms. The summed E-state index contributed by atoms with van der Waals surface area (Å²) in [4.78, 5) is 7.60. The molecule has 0 aliphatic carbocycles. The fourth-order valence-electron chi connectivity index (χ4n) is 1.56. The van der Waals surface area contributed by atoms with Gasteiger partial charge in [-0.05, 0) is 17.7 Å². The van der Waals surface area contributed by atoms with Crippen LogP contribution in [0.25, 0.3) is 0 Å². The zero-order chi connectivity index (χ0) is 14.7. The maximum atomic E-state index is 13.3. The van der Waals surface area contributed by atoms with E-state index in [0.717, 1.165) is 0 Å². The Hall–Kier alpha value is -1.63. The molecule has 0 amide bonds. The molecule has 20 heavy (non-hydrogen) atoms. The summed E-state index contributed by atoms with van der Waals surface area (Å²) in [5, 5.41) is 13.0. The number of rotatable bonds is 4. The number of nitrogen functional groups attached to an aromatic ring is 1. The molecule has 1 heterocycles. The Bertz CT molecular complexity index is 606. The molecule has 1 atom stereocenters. The summed E-state index contributed by atoms with van der Waals surface area (Å²) < 4.78 is 13.3. The lowest BCUT2D eigenvalue weighted by Gasteiger charge is -2.13. The molecule has 0 aliphatic rings. The van der Waals surface area contributed by atoms with Crippen molar-refractivity contribution in [3.8, 4) is 0 Å². The Labute approximate surface area is 124 Å². The molecular formula is C12H11Cl2FN4O. The summed E-state index contributed by atoms with van der Waals surface area (Å²) in [5.41, 5.74) is 5.84. The van der Waals surface area contributed by atoms with Gasteiger partial charge in [-0.25, -0.2) is 9.37 Å². The van der Waals surface area contributed by atoms with Gasteiger partial charge < -0.3 is 16.2 Å². The van der Waals surface area contributed by atoms with Gasteiger partial charge in [0.05, 0.1) is 11.1 Å². The standard InChI is InChI=1S/C12H11Cl2FN4O/c13-7-2-1-6(3-8(7)15)9(20)5-17-11-4-10(14)18-12(16)19-11/h1-4,9,20H,5H2,(H3,16,17,18,19). The summed E-state index contributed by atoms with van der Waals surface area (Å²) >= 11 is 11.3. The van der Waals surface area contributed by atoms with E-state index in [9.17, 15) is 9.50 Å². The number of benzene rings is 1. The van der Waals surface area contributed by atoms with Gasteiger partial charge in [0.1, 0.15) is 16.8 Å². The lowest BCUT2D eigenvalue weighted by atomic mass is 10.1. The third kappa shape index (κ3) is 3.69. The highest BCUT2D eigenvalue weighted by Gasteiger charge is 2.11. The monoisotopic (exact) mass is 316 g/mol. The molecule has 0 spiro atoms. The maximum absolute atomic E-state index is 13.3. The number of nitrogens with two attached hydrogens (primary N) is 1. The fourth-order valence-corrected chi connectivity index (χ4v) is 1.87. The van der Waals surface area contributed by atoms with Crippen molar-refractivity contribution in [1.29, 1.82) is 0 Å². The number of aromatic nitrogens is 2. The van der Waals surface area contributed by atoms with E-state index < -0.39 is 11.9 Å². The number of nitrogens with one attached hydrogen (secondary N) is 1. The van der Waals surface area contributed by atoms with Gasteiger partial charge in [-0.2, -0.15) is 4.98 Å². The molecule has 5 nitrogen and oxygen atoms in total. The van der Waals surface area contributed by atoms with Crippen molar-refractivity contribution < 1.29 is 9.50 Å². The van der Waals surface area contributed by atoms with Gasteiger partial charge in [-0.1, -0.05) is 29.3 Å². The summed E-state index contributed by atoms with van der Waals surface area (Å²) in [7, 11) is 0. The van der Waals surface area contributed by atoms with Gasteiger partial charge >= 0.3 is 0 Å². The van der Waals surface area contributed by atoms with Gasteiger partial charge in [0.25, 0.3) is 0 Å². The van der Waals surface area contributed by atoms with E-state index in [2.05, 4.69) is 15.3 Å². The predicted octanol–water partition coefficient (Wildman–Crippen LogP) is 2.65. The maximum Gasteiger partial charge on any atom is 0.223 e. The number of halogens is 3. The average Bonchev–Trinajstić information content (AvgIpc) is 2.38. The van der Waals surface area contributed by atoms with Crippen LogP contribution in [0, 0.1) is 5.82 Å². The van der Waals surface area contributed by atoms with Crippen LogP contribution in [0.3, 0.4) is 0 Å². The first-order valence-corrected chi connectivity index (χ1v) is 6.38. The second kappa shape index (κ2) is 6.21. The van der Waals surface area contributed by atoms with Crippen LogP contribution in [0.4, 0.5) is 16.2 Å². The zero-order valence-electron chi connectivity index (χ0n) is 10.1. The van der Waals surface area contributed by atoms with Gasteiger partial charge in [-0.3, -0.25) is 0 Å². The van der Waals surface area contributed by atoms with Crippen molar-refractivity contribution in [1.82, 2.24) is 9.97 Å². The molecule has 0 aliphatic heterocycles. The van der Waals surface area contributed by atoms with E-state index >= 15 is 0 Å². The first kappa shape index (κ1) is 14.8. The smallest absolute Gasteiger partial charge is 0.223 e. The molecule has 106 valence electrons. The Morgan fingerprint density at radius 1 is 1.30 bits per heavy atom. The summed E-state index contributed by atoms with van der Waals surface area (Å²) in [6.45, 7) is 0.105. The molecule has 1 unspecified atom stereocenters. The van der Waals surface area contributed by atoms with Crippen molar-refractivity contribution in [2.45, 2.75) is 6.10 Å². The molecule has 2 aromatic rings. The van der Waals surface area contributed by atoms with Gasteiger partial charge in [-0.15, -0.1) is 0 Å². The van der Waals surface area contributed by atoms with Crippen molar-refractivity contribution in [2.24, 2.45) is 0 Å². The minimum absolute atomic E-state index is 0.00395. The first-order valence-electron chi connectivity index (χ1n) is 5.62. The normalized spacial score (nSPS) is 12.2. The van der Waals surface area contributed by atoms with Crippen LogP contribution in [-0.2, 0) is 0 Å². The Morgan fingerprint density at radius 2 is 2.05 bits per heavy atom. The molecule has 4 N–H and O–H groups in total. The van der Waals surface area contributed by atoms with E-state index in [-0.39, 0.29) is 22.7 Å². The number of aliphatic hydroxyl groups is 1. The minimum atomic E-state index is -0.934. The predicted molar refractivity (Wildman–Crippen MR) is 76.3 cm³/mol. The van der Waals surface area contributed by atoms with E-state index in [0.29, 0.717) is 11.4 Å². The van der Waals surface area contributed by atoms with Crippen LogP contribution < -0.4 is 11.1 Å². The lowest BCUT2D eigenvalue weighted by Crippen LogP contribution is -2.14. The van der Waals surface area contributed by atoms with Crippen molar-refractivity contribution in [2.75, 3.05) is 17.6 Å². The lowest BCUT2D eigenvalue weighted by molar-refractivity contribution is 0.191. The summed E-state index contributed by atoms with van der Waals surface area (Å²) in [6.07, 6.45) is -0.934. The second-order valence-electron chi connectivity index (χ2n) is 4.00. The molecule has 0 radical (unpaired) electrons. The fraction of sp³-hybridized carbons (Fsp3) is 0.167. The van der Waals surface area contributed by atoms with E-state index in [1.807, 2.05) is 0 Å². The van der Waals surface area contributed by atoms with Crippen LogP contribution in [0.1, 0.15) is 11.7 Å². The number of hydrogen-bond acceptors (Lipinski definition) is 5. The first-order chi connectivity index (χ1) is 9.45. The number of anilines is 2. The molecule has 0 bridgehead atoms. The number of nitrogens with zero attached hydrogens (tertiary/aromatic N) is 2. The molecule has 2 rings (SSSR count). The largest absolute Gasteiger partial charge is 0.387 e. The van der Waals surface area contributed by atoms with E-state index in [4.69, 9.17) is 28.9 Å². The molecule has 0 fully saturated rings. The van der Waals surface area contributed by atoms with Crippen LogP contribution in [0.15, 0.2) is 24.3 Å². The minimum Gasteiger partial charge on any atom is -0.387 e. The highest BCUT2D eigenvalue weighted by Crippen LogP contribution is 2.21. The van der Waals surface area contributed by atoms with Crippen molar-refractivity contribution in [3.63, 3.8) is 0 Å². The number of hydrogen-bond donors (Lipinski definition) is 3. The summed E-state index contributed by atoms with van der Waals surface area (Å²) in [5.74, 6) is -0.194. The van der Waals surface area contributed by atoms with Crippen molar-refractivity contribution >= 4 is 35.0 Å². The number of aliphatic hydroxyl groups excluding tert-OH is 1. The SMILES string of the molecule is Nc1nc(Cl)cc(NCC(O)c2ccc(Cl)c(F)c2)n1. The van der Waals surface area contributed by atoms with Crippen LogP contribution >= 0.6 is 23.2 Å². The van der Waals surface area contributed by atoms with Crippen LogP contribution in [0.2, 0.25) is 10.2 Å². The van der Waals surface area contributed by atoms with E-state index in [1.165, 1.54) is 18.2 Å². The van der Waals surface area contributed by atoms with Gasteiger partial charge in [0.2, 0.25) is 5.95 Å². The van der Waals surface area contributed by atoms with Crippen molar-refractivity contribution in [3.05, 3.63) is 45.8 Å². The zero-order valence-corrected chi connectivity index (χ0v) is 11.7. The van der Waals surface area contributed by atoms with E-state index in [1.54, 1.807) is 6.07 Å². The molecule has 1 aromatic heterocycles. The van der Waals surface area contributed by atoms with Gasteiger partial charge in [0.15, 0.2) is 0 Å². The Balaban J connectivity index is 2.04. The summed E-state index contributed by atoms with van der Waals surface area (Å²) in [6, 6.07) is 5.57. The second-order valence-corrected chi connectivity index (χ2v) is 4.80. The third-order valence-corrected chi connectivity index (χ3v) is 3.02. The molecule has 0 saturated carbocycles. The topological polar surface area (TPSA) is 84.1 Å². The molecule has 1 aromatic carbocycles. The Kier molecular flexibility index (Phi) is 4.59. The quantitative estimate of drug-likeness (QED) is 0.755. The van der Waals surface area contributed by atoms with Gasteiger partial charge in [0, 0.05) is 12.6 Å². The molecular weight excluding hydrogens is 306 g/mol. The Morgan fingerprint density at radius 3 is 2.70 bits per heavy atom. The van der Waals surface area contributed by atoms with Crippen LogP contribution in [-0.4, -0.2) is 21.6 Å². The third-order valence-electron chi connectivity index (χ3n) is 2.52. The molecule has 0 saturated heterocycles. The average molecular weight is 317 g/mol. The highest BCUT2D eigenvalue weighted by molar-refractivity contribution is 6.30. The van der Waals surface area contributed by atoms with Crippen LogP contribution in [0.5, 0.6) is 0 Å². The highest BCUT2D eigenvalue weighted by atomic mass is 35.5.